The van der Waals surface area contributed by atoms with Gasteiger partial charge in [0.05, 0.1) is 17.9 Å². The molecular formula is C22H25NO7. The van der Waals surface area contributed by atoms with E-state index in [1.807, 2.05) is 0 Å². The van der Waals surface area contributed by atoms with Gasteiger partial charge in [0.1, 0.15) is 5.75 Å². The fourth-order valence-corrected chi connectivity index (χ4v) is 2.92. The van der Waals surface area contributed by atoms with E-state index >= 15 is 0 Å². The second-order valence-electron chi connectivity index (χ2n) is 6.71. The molecule has 2 rings (SSSR count). The number of H-pyrrole nitrogens is 1. The molecule has 2 aromatic rings. The first-order valence-corrected chi connectivity index (χ1v) is 9.49. The molecule has 0 aliphatic heterocycles. The van der Waals surface area contributed by atoms with Gasteiger partial charge in [-0.25, -0.2) is 9.59 Å². The van der Waals surface area contributed by atoms with E-state index in [4.69, 9.17) is 14.2 Å². The number of aromatic nitrogens is 1. The van der Waals surface area contributed by atoms with Gasteiger partial charge in [0.2, 0.25) is 5.78 Å². The molecule has 0 aliphatic rings. The maximum Gasteiger partial charge on any atom is 0.344 e. The molecule has 0 saturated heterocycles. The maximum absolute atomic E-state index is 12.7. The van der Waals surface area contributed by atoms with E-state index in [-0.39, 0.29) is 18.1 Å². The van der Waals surface area contributed by atoms with Crippen molar-refractivity contribution in [1.82, 2.24) is 4.98 Å². The smallest absolute Gasteiger partial charge is 0.344 e. The monoisotopic (exact) mass is 415 g/mol. The second kappa shape index (κ2) is 9.87. The first-order valence-electron chi connectivity index (χ1n) is 9.49. The SMILES string of the molecule is CCOC(=O)c1c(C)[nH]c(C(=O)[C@H](C)OC(=O)COc2ccc(C(C)=O)cc2)c1C. The Morgan fingerprint density at radius 2 is 1.70 bits per heavy atom. The highest BCUT2D eigenvalue weighted by atomic mass is 16.6. The van der Waals surface area contributed by atoms with E-state index < -0.39 is 30.4 Å². The quantitative estimate of drug-likeness (QED) is 0.494. The number of rotatable bonds is 9. The number of aryl methyl sites for hydroxylation is 1. The molecule has 0 aliphatic carbocycles. The number of esters is 2. The van der Waals surface area contributed by atoms with Crippen LogP contribution < -0.4 is 4.74 Å². The third-order valence-electron chi connectivity index (χ3n) is 4.46. The number of hydrogen-bond acceptors (Lipinski definition) is 7. The standard InChI is InChI=1S/C22H25NO7/c1-6-28-22(27)19-12(2)20(23-13(19)3)21(26)15(5)30-18(25)11-29-17-9-7-16(8-10-17)14(4)24/h7-10,15,23H,6,11H2,1-5H3/t15-/m0/s1. The summed E-state index contributed by atoms with van der Waals surface area (Å²) >= 11 is 0. The van der Waals surface area contributed by atoms with Gasteiger partial charge >= 0.3 is 11.9 Å². The fraction of sp³-hybridized carbons (Fsp3) is 0.364. The van der Waals surface area contributed by atoms with Gasteiger partial charge in [-0.1, -0.05) is 0 Å². The number of carbonyl (C=O) groups is 4. The van der Waals surface area contributed by atoms with Gasteiger partial charge in [0.25, 0.3) is 0 Å². The Kier molecular flexibility index (Phi) is 7.52. The van der Waals surface area contributed by atoms with E-state index in [0.29, 0.717) is 28.1 Å². The zero-order valence-electron chi connectivity index (χ0n) is 17.7. The van der Waals surface area contributed by atoms with Crippen LogP contribution in [0.2, 0.25) is 0 Å². The molecule has 0 spiro atoms. The molecule has 0 radical (unpaired) electrons. The number of benzene rings is 1. The highest BCUT2D eigenvalue weighted by Gasteiger charge is 2.27. The van der Waals surface area contributed by atoms with Crippen LogP contribution in [0, 0.1) is 13.8 Å². The number of ketones is 2. The Morgan fingerprint density at radius 1 is 1.07 bits per heavy atom. The lowest BCUT2D eigenvalue weighted by Crippen LogP contribution is -2.28. The van der Waals surface area contributed by atoms with Crippen molar-refractivity contribution in [2.75, 3.05) is 13.2 Å². The van der Waals surface area contributed by atoms with Crippen LogP contribution in [0.1, 0.15) is 63.2 Å². The molecule has 30 heavy (non-hydrogen) atoms. The molecule has 0 bridgehead atoms. The molecule has 1 aromatic heterocycles. The van der Waals surface area contributed by atoms with Crippen LogP contribution >= 0.6 is 0 Å². The third-order valence-corrected chi connectivity index (χ3v) is 4.46. The Morgan fingerprint density at radius 3 is 2.27 bits per heavy atom. The second-order valence-corrected chi connectivity index (χ2v) is 6.71. The predicted molar refractivity (Wildman–Crippen MR) is 108 cm³/mol. The number of hydrogen-bond donors (Lipinski definition) is 1. The summed E-state index contributed by atoms with van der Waals surface area (Å²) in [4.78, 5) is 51.0. The Hall–Kier alpha value is -3.42. The number of carbonyl (C=O) groups excluding carboxylic acids is 4. The zero-order chi connectivity index (χ0) is 22.4. The van der Waals surface area contributed by atoms with Crippen LogP contribution in [0.4, 0.5) is 0 Å². The van der Waals surface area contributed by atoms with Crippen molar-refractivity contribution < 1.29 is 33.4 Å². The van der Waals surface area contributed by atoms with E-state index in [2.05, 4.69) is 4.98 Å². The maximum atomic E-state index is 12.7. The lowest BCUT2D eigenvalue weighted by atomic mass is 10.1. The minimum Gasteiger partial charge on any atom is -0.482 e. The molecule has 160 valence electrons. The molecule has 8 nitrogen and oxygen atoms in total. The molecule has 0 fully saturated rings. The van der Waals surface area contributed by atoms with E-state index in [0.717, 1.165) is 0 Å². The third kappa shape index (κ3) is 5.34. The van der Waals surface area contributed by atoms with Crippen LogP contribution in [0.15, 0.2) is 24.3 Å². The number of nitrogens with one attached hydrogen (secondary N) is 1. The van der Waals surface area contributed by atoms with Crippen LogP contribution in [0.25, 0.3) is 0 Å². The lowest BCUT2D eigenvalue weighted by Gasteiger charge is -2.13. The summed E-state index contributed by atoms with van der Waals surface area (Å²) < 4.78 is 15.5. The molecule has 1 heterocycles. The fourth-order valence-electron chi connectivity index (χ4n) is 2.92. The van der Waals surface area contributed by atoms with Crippen molar-refractivity contribution in [3.63, 3.8) is 0 Å². The Balaban J connectivity index is 1.98. The van der Waals surface area contributed by atoms with Gasteiger partial charge in [0, 0.05) is 11.3 Å². The van der Waals surface area contributed by atoms with Crippen LogP contribution in [0.3, 0.4) is 0 Å². The minimum absolute atomic E-state index is 0.0748. The lowest BCUT2D eigenvalue weighted by molar-refractivity contribution is -0.148. The van der Waals surface area contributed by atoms with Crippen molar-refractivity contribution in [2.45, 2.75) is 40.7 Å². The zero-order valence-corrected chi connectivity index (χ0v) is 17.7. The van der Waals surface area contributed by atoms with Crippen LogP contribution in [-0.4, -0.2) is 47.8 Å². The van der Waals surface area contributed by atoms with Gasteiger partial charge < -0.3 is 19.2 Å². The normalized spacial score (nSPS) is 11.5. The summed E-state index contributed by atoms with van der Waals surface area (Å²) in [6, 6.07) is 6.32. The highest BCUT2D eigenvalue weighted by molar-refractivity contribution is 6.04. The molecule has 1 aromatic carbocycles. The van der Waals surface area contributed by atoms with Gasteiger partial charge in [-0.2, -0.15) is 0 Å². The van der Waals surface area contributed by atoms with Crippen molar-refractivity contribution in [2.24, 2.45) is 0 Å². The highest BCUT2D eigenvalue weighted by Crippen LogP contribution is 2.21. The Bertz CT molecular complexity index is 957. The molecule has 1 N–H and O–H groups in total. The van der Waals surface area contributed by atoms with Crippen molar-refractivity contribution in [3.8, 4) is 5.75 Å². The summed E-state index contributed by atoms with van der Waals surface area (Å²) in [5.41, 5.74) is 1.97. The summed E-state index contributed by atoms with van der Waals surface area (Å²) in [6.45, 7) is 7.72. The molecule has 8 heteroatoms. The summed E-state index contributed by atoms with van der Waals surface area (Å²) in [6.07, 6.45) is -1.08. The number of Topliss-reactive ketones (excluding diaryl/α,β-unsaturated/α-hetero) is 2. The minimum atomic E-state index is -1.08. The predicted octanol–water partition coefficient (Wildman–Crippen LogP) is 3.20. The molecular weight excluding hydrogens is 390 g/mol. The van der Waals surface area contributed by atoms with Crippen LogP contribution in [-0.2, 0) is 14.3 Å². The molecule has 0 saturated carbocycles. The van der Waals surface area contributed by atoms with Crippen molar-refractivity contribution in [3.05, 3.63) is 52.3 Å². The van der Waals surface area contributed by atoms with Gasteiger partial charge in [-0.05, 0) is 64.4 Å². The van der Waals surface area contributed by atoms with E-state index in [9.17, 15) is 19.2 Å². The van der Waals surface area contributed by atoms with Gasteiger partial charge in [-0.15, -0.1) is 0 Å². The van der Waals surface area contributed by atoms with Gasteiger partial charge in [-0.3, -0.25) is 9.59 Å². The topological polar surface area (TPSA) is 112 Å². The van der Waals surface area contributed by atoms with Crippen molar-refractivity contribution >= 4 is 23.5 Å². The molecule has 0 amide bonds. The first-order chi connectivity index (χ1) is 14.1. The largest absolute Gasteiger partial charge is 0.482 e. The van der Waals surface area contributed by atoms with E-state index in [1.165, 1.54) is 13.8 Å². The average molecular weight is 415 g/mol. The molecule has 1 atom stereocenters. The first kappa shape index (κ1) is 22.9. The molecule has 0 unspecified atom stereocenters. The average Bonchev–Trinajstić information content (AvgIpc) is 3.00. The summed E-state index contributed by atoms with van der Waals surface area (Å²) in [7, 11) is 0. The summed E-state index contributed by atoms with van der Waals surface area (Å²) in [5.74, 6) is -1.39. The van der Waals surface area contributed by atoms with Crippen LogP contribution in [0.5, 0.6) is 5.75 Å². The van der Waals surface area contributed by atoms with E-state index in [1.54, 1.807) is 45.0 Å². The summed E-state index contributed by atoms with van der Waals surface area (Å²) in [5, 5.41) is 0. The van der Waals surface area contributed by atoms with Crippen molar-refractivity contribution in [1.29, 1.82) is 0 Å². The number of aromatic amines is 1. The Labute approximate surface area is 174 Å². The number of ether oxygens (including phenoxy) is 3. The van der Waals surface area contributed by atoms with Gasteiger partial charge in [0.15, 0.2) is 18.5 Å².